The monoisotopic (exact) mass is 257 g/mol. The summed E-state index contributed by atoms with van der Waals surface area (Å²) in [5.74, 6) is -0.190. The molecule has 0 fully saturated rings. The van der Waals surface area contributed by atoms with Crippen LogP contribution >= 0.6 is 0 Å². The fraction of sp³-hybridized carbons (Fsp3) is 0.294. The first kappa shape index (κ1) is 13.8. The van der Waals surface area contributed by atoms with Crippen LogP contribution in [0.25, 0.3) is 0 Å². The zero-order chi connectivity index (χ0) is 13.8. The van der Waals surface area contributed by atoms with Gasteiger partial charge in [0.25, 0.3) is 0 Å². The number of benzene rings is 2. The van der Waals surface area contributed by atoms with Crippen molar-refractivity contribution in [1.29, 1.82) is 0 Å². The van der Waals surface area contributed by atoms with Gasteiger partial charge in [0, 0.05) is 12.6 Å². The standard InChI is InChI=1S/C17H20FN/c1-12-8-13(2)10-15(9-12)11-19-14(3)16-4-6-17(18)7-5-16/h4-10,14,19H,11H2,1-3H3/t14-/m0/s1. The van der Waals surface area contributed by atoms with Crippen molar-refractivity contribution in [2.75, 3.05) is 0 Å². The molecule has 0 unspecified atom stereocenters. The Balaban J connectivity index is 1.99. The number of hydrogen-bond donors (Lipinski definition) is 1. The van der Waals surface area contributed by atoms with E-state index in [0.29, 0.717) is 0 Å². The molecule has 1 atom stereocenters. The molecule has 2 aromatic rings. The van der Waals surface area contributed by atoms with Gasteiger partial charge in [0.15, 0.2) is 0 Å². The predicted octanol–water partition coefficient (Wildman–Crippen LogP) is 4.29. The van der Waals surface area contributed by atoms with Gasteiger partial charge in [-0.2, -0.15) is 0 Å². The Labute approximate surface area is 114 Å². The second-order valence-corrected chi connectivity index (χ2v) is 5.15. The van der Waals surface area contributed by atoms with E-state index >= 15 is 0 Å². The van der Waals surface area contributed by atoms with E-state index in [1.54, 1.807) is 0 Å². The highest BCUT2D eigenvalue weighted by molar-refractivity contribution is 5.28. The van der Waals surface area contributed by atoms with Crippen LogP contribution in [0.2, 0.25) is 0 Å². The van der Waals surface area contributed by atoms with Gasteiger partial charge in [0.1, 0.15) is 5.82 Å². The molecule has 0 aliphatic heterocycles. The Morgan fingerprint density at radius 2 is 1.58 bits per heavy atom. The smallest absolute Gasteiger partial charge is 0.123 e. The van der Waals surface area contributed by atoms with Gasteiger partial charge in [-0.05, 0) is 44.0 Å². The van der Waals surface area contributed by atoms with Gasteiger partial charge >= 0.3 is 0 Å². The Morgan fingerprint density at radius 1 is 1.00 bits per heavy atom. The van der Waals surface area contributed by atoms with E-state index in [0.717, 1.165) is 12.1 Å². The first-order valence-electron chi connectivity index (χ1n) is 6.60. The van der Waals surface area contributed by atoms with Gasteiger partial charge in [-0.1, -0.05) is 41.5 Å². The van der Waals surface area contributed by atoms with Crippen LogP contribution in [0.1, 0.15) is 35.2 Å². The summed E-state index contributed by atoms with van der Waals surface area (Å²) in [5, 5.41) is 3.47. The summed E-state index contributed by atoms with van der Waals surface area (Å²) >= 11 is 0. The number of halogens is 1. The third-order valence-electron chi connectivity index (χ3n) is 3.26. The second-order valence-electron chi connectivity index (χ2n) is 5.15. The summed E-state index contributed by atoms with van der Waals surface area (Å²) in [6.45, 7) is 7.14. The molecular formula is C17H20FN. The van der Waals surface area contributed by atoms with Gasteiger partial charge in [-0.15, -0.1) is 0 Å². The summed E-state index contributed by atoms with van der Waals surface area (Å²) in [7, 11) is 0. The maximum Gasteiger partial charge on any atom is 0.123 e. The average molecular weight is 257 g/mol. The quantitative estimate of drug-likeness (QED) is 0.861. The molecule has 0 amide bonds. The molecule has 0 saturated carbocycles. The van der Waals surface area contributed by atoms with Gasteiger partial charge in [-0.25, -0.2) is 4.39 Å². The molecule has 100 valence electrons. The lowest BCUT2D eigenvalue weighted by molar-refractivity contribution is 0.571. The van der Waals surface area contributed by atoms with Crippen LogP contribution in [0.5, 0.6) is 0 Å². The van der Waals surface area contributed by atoms with Crippen molar-refractivity contribution >= 4 is 0 Å². The Bertz CT molecular complexity index is 525. The summed E-state index contributed by atoms with van der Waals surface area (Å²) < 4.78 is 12.9. The van der Waals surface area contributed by atoms with Crippen molar-refractivity contribution in [2.45, 2.75) is 33.4 Å². The molecule has 19 heavy (non-hydrogen) atoms. The fourth-order valence-electron chi connectivity index (χ4n) is 2.31. The number of aryl methyl sites for hydroxylation is 2. The number of hydrogen-bond acceptors (Lipinski definition) is 1. The predicted molar refractivity (Wildman–Crippen MR) is 77.6 cm³/mol. The number of nitrogens with one attached hydrogen (secondary N) is 1. The van der Waals surface area contributed by atoms with Crippen molar-refractivity contribution in [1.82, 2.24) is 5.32 Å². The van der Waals surface area contributed by atoms with Crippen molar-refractivity contribution < 1.29 is 4.39 Å². The van der Waals surface area contributed by atoms with E-state index in [2.05, 4.69) is 44.3 Å². The van der Waals surface area contributed by atoms with Gasteiger partial charge < -0.3 is 5.32 Å². The summed E-state index contributed by atoms with van der Waals surface area (Å²) in [4.78, 5) is 0. The summed E-state index contributed by atoms with van der Waals surface area (Å²) in [5.41, 5.74) is 4.95. The lowest BCUT2D eigenvalue weighted by Gasteiger charge is -2.15. The highest BCUT2D eigenvalue weighted by Gasteiger charge is 2.05. The zero-order valence-electron chi connectivity index (χ0n) is 11.7. The Hall–Kier alpha value is -1.67. The molecule has 0 aliphatic carbocycles. The van der Waals surface area contributed by atoms with Crippen molar-refractivity contribution in [2.24, 2.45) is 0 Å². The van der Waals surface area contributed by atoms with E-state index in [1.165, 1.54) is 28.8 Å². The molecule has 0 heterocycles. The van der Waals surface area contributed by atoms with Crippen molar-refractivity contribution in [3.05, 3.63) is 70.5 Å². The minimum Gasteiger partial charge on any atom is -0.306 e. The normalized spacial score (nSPS) is 12.4. The van der Waals surface area contributed by atoms with Gasteiger partial charge in [-0.3, -0.25) is 0 Å². The Kier molecular flexibility index (Phi) is 4.33. The first-order valence-corrected chi connectivity index (χ1v) is 6.60. The molecule has 1 nitrogen and oxygen atoms in total. The molecule has 0 saturated heterocycles. The summed E-state index contributed by atoms with van der Waals surface area (Å²) in [6, 6.07) is 13.4. The highest BCUT2D eigenvalue weighted by Crippen LogP contribution is 2.15. The van der Waals surface area contributed by atoms with Crippen LogP contribution in [0.4, 0.5) is 4.39 Å². The lowest BCUT2D eigenvalue weighted by atomic mass is 10.1. The van der Waals surface area contributed by atoms with E-state index in [9.17, 15) is 4.39 Å². The van der Waals surface area contributed by atoms with Crippen LogP contribution in [0.15, 0.2) is 42.5 Å². The van der Waals surface area contributed by atoms with Crippen molar-refractivity contribution in [3.8, 4) is 0 Å². The zero-order valence-corrected chi connectivity index (χ0v) is 11.7. The number of rotatable bonds is 4. The minimum atomic E-state index is -0.190. The third-order valence-corrected chi connectivity index (χ3v) is 3.26. The molecule has 1 N–H and O–H groups in total. The van der Waals surface area contributed by atoms with E-state index in [4.69, 9.17) is 0 Å². The third kappa shape index (κ3) is 3.90. The Morgan fingerprint density at radius 3 is 2.16 bits per heavy atom. The lowest BCUT2D eigenvalue weighted by Crippen LogP contribution is -2.18. The molecule has 0 radical (unpaired) electrons. The van der Waals surface area contributed by atoms with Crippen LogP contribution in [-0.2, 0) is 6.54 Å². The summed E-state index contributed by atoms with van der Waals surface area (Å²) in [6.07, 6.45) is 0. The molecule has 2 aromatic carbocycles. The van der Waals surface area contributed by atoms with Crippen LogP contribution in [-0.4, -0.2) is 0 Å². The van der Waals surface area contributed by atoms with Crippen molar-refractivity contribution in [3.63, 3.8) is 0 Å². The molecular weight excluding hydrogens is 237 g/mol. The fourth-order valence-corrected chi connectivity index (χ4v) is 2.31. The SMILES string of the molecule is Cc1cc(C)cc(CN[C@@H](C)c2ccc(F)cc2)c1. The van der Waals surface area contributed by atoms with Crippen LogP contribution < -0.4 is 5.32 Å². The molecule has 0 spiro atoms. The average Bonchev–Trinajstić information content (AvgIpc) is 2.36. The maximum atomic E-state index is 12.9. The van der Waals surface area contributed by atoms with Crippen LogP contribution in [0, 0.1) is 19.7 Å². The molecule has 2 rings (SSSR count). The van der Waals surface area contributed by atoms with E-state index in [1.807, 2.05) is 12.1 Å². The van der Waals surface area contributed by atoms with E-state index in [-0.39, 0.29) is 11.9 Å². The highest BCUT2D eigenvalue weighted by atomic mass is 19.1. The first-order chi connectivity index (χ1) is 9.04. The molecule has 0 aliphatic rings. The maximum absolute atomic E-state index is 12.9. The second kappa shape index (κ2) is 5.98. The van der Waals surface area contributed by atoms with Crippen LogP contribution in [0.3, 0.4) is 0 Å². The van der Waals surface area contributed by atoms with Gasteiger partial charge in [0.2, 0.25) is 0 Å². The van der Waals surface area contributed by atoms with E-state index < -0.39 is 0 Å². The molecule has 0 aromatic heterocycles. The topological polar surface area (TPSA) is 12.0 Å². The van der Waals surface area contributed by atoms with Gasteiger partial charge in [0.05, 0.1) is 0 Å². The largest absolute Gasteiger partial charge is 0.306 e. The molecule has 2 heteroatoms. The molecule has 0 bridgehead atoms. The minimum absolute atomic E-state index is 0.190.